The van der Waals surface area contributed by atoms with Gasteiger partial charge in [-0.2, -0.15) is 0 Å². The quantitative estimate of drug-likeness (QED) is 0.155. The standard InChI is InChI=1S/C10H14N5O4P.C10H13N5O4/c1-5-3-15(10(17)12-9(5)16)8-2-6(13-14-11)7(19-8)4-18-20;1-5-3-15(10(18)12-9(5)17)8-2-6(13-14-11)7(4-16)19-8/h3,6-8,11H,2,4,20H2,1H3;3,6-8,11,16H,2,4H2,1H3/p+2/t2*6-,7+,8+/m00/s1. The van der Waals surface area contributed by atoms with Crippen molar-refractivity contribution in [3.63, 3.8) is 0 Å². The minimum Gasteiger partial charge on any atom is -0.394 e. The molecule has 19 heteroatoms. The molecule has 0 amide bonds. The SMILES string of the molecule is Cc1cn([C@H]2C[C@H](N=[N+]=N)[C@@H](CO)O2)c(=O)[nH]c1=O.Cc1cn([C@H]2C[C@H](N=[N+]=N)[C@@H](COP)O2)c(=O)[nH]c1=O. The molecular weight excluding hydrogens is 539 g/mol. The first-order valence-corrected chi connectivity index (χ1v) is 12.1. The van der Waals surface area contributed by atoms with Crippen LogP contribution >= 0.6 is 9.47 Å². The lowest BCUT2D eigenvalue weighted by Gasteiger charge is -2.15. The Bertz CT molecular complexity index is 1510. The Morgan fingerprint density at radius 3 is 1.79 bits per heavy atom. The van der Waals surface area contributed by atoms with E-state index in [1.807, 2.05) is 0 Å². The third-order valence-corrected chi connectivity index (χ3v) is 6.37. The van der Waals surface area contributed by atoms with Crippen molar-refractivity contribution in [2.45, 2.75) is 63.4 Å². The number of nitrogens with one attached hydrogen (secondary N) is 4. The number of H-pyrrole nitrogens is 2. The van der Waals surface area contributed by atoms with E-state index in [0.29, 0.717) is 24.0 Å². The molecule has 4 rings (SSSR count). The van der Waals surface area contributed by atoms with Crippen LogP contribution in [-0.4, -0.2) is 61.7 Å². The minimum absolute atomic E-state index is 0.252. The summed E-state index contributed by atoms with van der Waals surface area (Å²) in [6.45, 7) is 3.15. The molecule has 2 aromatic heterocycles. The van der Waals surface area contributed by atoms with E-state index in [0.717, 1.165) is 0 Å². The summed E-state index contributed by atoms with van der Waals surface area (Å²) >= 11 is 0. The van der Waals surface area contributed by atoms with E-state index >= 15 is 0 Å². The van der Waals surface area contributed by atoms with Crippen LogP contribution in [0.4, 0.5) is 0 Å². The van der Waals surface area contributed by atoms with Gasteiger partial charge in [0.25, 0.3) is 11.1 Å². The van der Waals surface area contributed by atoms with Crippen molar-refractivity contribution in [1.29, 1.82) is 11.1 Å². The number of hydrogen-bond donors (Lipinski definition) is 5. The van der Waals surface area contributed by atoms with Gasteiger partial charge in [-0.1, -0.05) is 0 Å². The molecule has 2 aliphatic rings. The molecule has 2 aromatic rings. The summed E-state index contributed by atoms with van der Waals surface area (Å²) < 4.78 is 18.7. The summed E-state index contributed by atoms with van der Waals surface area (Å²) in [5.41, 5.74) is 12.3. The molecule has 0 aromatic carbocycles. The van der Waals surface area contributed by atoms with E-state index in [9.17, 15) is 19.2 Å². The average molecular weight is 568 g/mol. The monoisotopic (exact) mass is 568 g/mol. The van der Waals surface area contributed by atoms with Crippen LogP contribution in [0.2, 0.25) is 0 Å². The Morgan fingerprint density at radius 1 is 0.949 bits per heavy atom. The van der Waals surface area contributed by atoms with E-state index in [-0.39, 0.29) is 19.3 Å². The third kappa shape index (κ3) is 7.02. The number of nitrogens with zero attached hydrogens (tertiary/aromatic N) is 6. The number of rotatable bonds is 7. The van der Waals surface area contributed by atoms with Crippen LogP contribution in [0.15, 0.2) is 41.8 Å². The van der Waals surface area contributed by atoms with Crippen molar-refractivity contribution in [2.24, 2.45) is 10.2 Å². The topological polar surface area (TPSA) is 258 Å². The van der Waals surface area contributed by atoms with Crippen LogP contribution in [0, 0.1) is 24.9 Å². The van der Waals surface area contributed by atoms with Gasteiger partial charge in [0.15, 0.2) is 12.1 Å². The molecule has 0 radical (unpaired) electrons. The van der Waals surface area contributed by atoms with Gasteiger partial charge in [0.2, 0.25) is 9.82 Å². The first-order chi connectivity index (χ1) is 18.6. The lowest BCUT2D eigenvalue weighted by molar-refractivity contribution is -0.0274. The Kier molecular flexibility index (Phi) is 10.2. The largest absolute Gasteiger partial charge is 0.394 e. The van der Waals surface area contributed by atoms with E-state index in [2.05, 4.69) is 39.5 Å². The maximum Gasteiger partial charge on any atom is 0.330 e. The zero-order valence-electron chi connectivity index (χ0n) is 21.0. The molecule has 5 N–H and O–H groups in total. The van der Waals surface area contributed by atoms with Gasteiger partial charge in [0.05, 0.1) is 13.2 Å². The molecule has 2 fully saturated rings. The van der Waals surface area contributed by atoms with E-state index < -0.39 is 53.2 Å². The fraction of sp³-hybridized carbons (Fsp3) is 0.600. The summed E-state index contributed by atoms with van der Waals surface area (Å²) in [6.07, 6.45) is 1.31. The summed E-state index contributed by atoms with van der Waals surface area (Å²) in [4.78, 5) is 56.5. The molecule has 0 saturated carbocycles. The van der Waals surface area contributed by atoms with Crippen LogP contribution in [0.1, 0.15) is 36.4 Å². The highest BCUT2D eigenvalue weighted by molar-refractivity contribution is 7.09. The molecule has 0 bridgehead atoms. The van der Waals surface area contributed by atoms with Crippen LogP contribution in [0.5, 0.6) is 0 Å². The molecule has 0 aliphatic carbocycles. The second kappa shape index (κ2) is 13.4. The first kappa shape index (κ1) is 29.8. The maximum atomic E-state index is 11.8. The van der Waals surface area contributed by atoms with E-state index in [1.165, 1.54) is 21.5 Å². The summed E-state index contributed by atoms with van der Waals surface area (Å²) in [5, 5.41) is 16.6. The van der Waals surface area contributed by atoms with Gasteiger partial charge in [-0.3, -0.25) is 28.7 Å². The van der Waals surface area contributed by atoms with Crippen LogP contribution in [0.25, 0.3) is 0 Å². The average Bonchev–Trinajstić information content (AvgIpc) is 3.48. The van der Waals surface area contributed by atoms with Crippen molar-refractivity contribution >= 4 is 9.47 Å². The number of aromatic nitrogens is 4. The normalized spacial score (nSPS) is 25.7. The summed E-state index contributed by atoms with van der Waals surface area (Å²) in [6, 6.07) is -0.844. The van der Waals surface area contributed by atoms with Gasteiger partial charge in [0.1, 0.15) is 46.0 Å². The van der Waals surface area contributed by atoms with Crippen LogP contribution < -0.4 is 32.3 Å². The molecule has 39 heavy (non-hydrogen) atoms. The number of aliphatic hydroxyl groups excluding tert-OH is 1. The van der Waals surface area contributed by atoms with Crippen molar-refractivity contribution in [3.05, 3.63) is 65.2 Å². The van der Waals surface area contributed by atoms with Gasteiger partial charge in [-0.15, -0.1) is 0 Å². The predicted molar refractivity (Wildman–Crippen MR) is 134 cm³/mol. The number of aliphatic hydroxyl groups is 1. The predicted octanol–water partition coefficient (Wildman–Crippen LogP) is -1.10. The highest BCUT2D eigenvalue weighted by atomic mass is 31.0. The molecule has 0 spiro atoms. The first-order valence-electron chi connectivity index (χ1n) is 11.6. The second-order valence-corrected chi connectivity index (χ2v) is 9.10. The van der Waals surface area contributed by atoms with Gasteiger partial charge in [-0.05, 0) is 13.8 Å². The Labute approximate surface area is 221 Å². The zero-order valence-corrected chi connectivity index (χ0v) is 22.2. The van der Waals surface area contributed by atoms with E-state index in [4.69, 9.17) is 30.2 Å². The van der Waals surface area contributed by atoms with Crippen molar-refractivity contribution in [3.8, 4) is 0 Å². The third-order valence-electron chi connectivity index (χ3n) is 6.17. The maximum absolute atomic E-state index is 11.8. The van der Waals surface area contributed by atoms with Crippen LogP contribution in [0.3, 0.4) is 0 Å². The molecule has 1 unspecified atom stereocenters. The Morgan fingerprint density at radius 2 is 1.38 bits per heavy atom. The number of aryl methyl sites for hydroxylation is 2. The van der Waals surface area contributed by atoms with Crippen molar-refractivity contribution in [2.75, 3.05) is 13.2 Å². The summed E-state index contributed by atoms with van der Waals surface area (Å²) in [5.74, 6) is 0. The lowest BCUT2D eigenvalue weighted by atomic mass is 10.1. The Hall–Kier alpha value is -3.75. The fourth-order valence-electron chi connectivity index (χ4n) is 4.17. The number of aromatic amines is 2. The molecule has 4 heterocycles. The zero-order chi connectivity index (χ0) is 28.7. The molecule has 7 atom stereocenters. The fourth-order valence-corrected chi connectivity index (χ4v) is 4.36. The van der Waals surface area contributed by atoms with Crippen LogP contribution in [-0.2, 0) is 14.0 Å². The molecule has 210 valence electrons. The van der Waals surface area contributed by atoms with Gasteiger partial charge >= 0.3 is 11.4 Å². The summed E-state index contributed by atoms with van der Waals surface area (Å²) in [7, 11) is 2.11. The Balaban J connectivity index is 0.000000216. The van der Waals surface area contributed by atoms with Crippen molar-refractivity contribution < 1.29 is 19.1 Å². The molecule has 2 aliphatic heterocycles. The number of hydrogen-bond acceptors (Lipinski definition) is 12. The van der Waals surface area contributed by atoms with Gasteiger partial charge in [0, 0.05) is 45.8 Å². The van der Waals surface area contributed by atoms with E-state index in [1.54, 1.807) is 13.8 Å². The number of ether oxygens (including phenoxy) is 2. The highest BCUT2D eigenvalue weighted by Crippen LogP contribution is 2.30. The highest BCUT2D eigenvalue weighted by Gasteiger charge is 2.40. The minimum atomic E-state index is -0.643. The lowest BCUT2D eigenvalue weighted by Crippen LogP contribution is -2.33. The molecular formula is C20H29N10O8P+2. The smallest absolute Gasteiger partial charge is 0.330 e. The van der Waals surface area contributed by atoms with Crippen molar-refractivity contribution in [1.82, 2.24) is 28.9 Å². The molecule has 2 saturated heterocycles. The molecule has 18 nitrogen and oxygen atoms in total. The van der Waals surface area contributed by atoms with Gasteiger partial charge < -0.3 is 19.1 Å². The van der Waals surface area contributed by atoms with Gasteiger partial charge in [-0.25, -0.2) is 9.59 Å². The second-order valence-electron chi connectivity index (χ2n) is 8.77.